The second-order valence-electron chi connectivity index (χ2n) is 4.62. The first-order chi connectivity index (χ1) is 9.06. The lowest BCUT2D eigenvalue weighted by Gasteiger charge is -2.09. The molecule has 1 N–H and O–H groups in total. The Bertz CT molecular complexity index is 551. The molecule has 0 bridgehead atoms. The monoisotopic (exact) mass is 280 g/mol. The summed E-state index contributed by atoms with van der Waals surface area (Å²) in [4.78, 5) is 8.62. The van der Waals surface area contributed by atoms with Gasteiger partial charge in [0, 0.05) is 32.0 Å². The number of aryl methyl sites for hydroxylation is 1. The molecule has 0 saturated carbocycles. The summed E-state index contributed by atoms with van der Waals surface area (Å²) in [6.45, 7) is 4.79. The quantitative estimate of drug-likeness (QED) is 0.849. The van der Waals surface area contributed by atoms with E-state index < -0.39 is 0 Å². The number of nitrogens with one attached hydrogen (secondary N) is 1. The third-order valence-corrected chi connectivity index (χ3v) is 2.88. The van der Waals surface area contributed by atoms with Gasteiger partial charge in [0.1, 0.15) is 28.9 Å². The molecule has 7 heteroatoms. The molecule has 2 heterocycles. The standard InChI is InChI=1S/C12H17ClN6/c1-8(2)12-16-9(13)6-10(17-12)14-5-4-11-18-15-7-19(11)3/h6-8H,4-5H2,1-3H3,(H,14,16,17). The first-order valence-corrected chi connectivity index (χ1v) is 6.55. The Morgan fingerprint density at radius 1 is 1.37 bits per heavy atom. The van der Waals surface area contributed by atoms with Crippen molar-refractivity contribution in [2.24, 2.45) is 7.05 Å². The Labute approximate surface area is 117 Å². The van der Waals surface area contributed by atoms with Crippen molar-refractivity contribution >= 4 is 17.4 Å². The van der Waals surface area contributed by atoms with Gasteiger partial charge in [0.25, 0.3) is 0 Å². The number of halogens is 1. The molecule has 102 valence electrons. The largest absolute Gasteiger partial charge is 0.369 e. The minimum Gasteiger partial charge on any atom is -0.369 e. The summed E-state index contributed by atoms with van der Waals surface area (Å²) in [7, 11) is 1.92. The molecular weight excluding hydrogens is 264 g/mol. The van der Waals surface area contributed by atoms with Crippen LogP contribution in [-0.4, -0.2) is 31.3 Å². The average molecular weight is 281 g/mol. The van der Waals surface area contributed by atoms with Crippen LogP contribution in [0.3, 0.4) is 0 Å². The topological polar surface area (TPSA) is 68.5 Å². The van der Waals surface area contributed by atoms with Crippen molar-refractivity contribution in [2.45, 2.75) is 26.2 Å². The highest BCUT2D eigenvalue weighted by Crippen LogP contribution is 2.16. The van der Waals surface area contributed by atoms with Gasteiger partial charge in [0.15, 0.2) is 0 Å². The van der Waals surface area contributed by atoms with E-state index in [0.29, 0.717) is 5.15 Å². The molecule has 0 saturated heterocycles. The van der Waals surface area contributed by atoms with Gasteiger partial charge in [-0.15, -0.1) is 10.2 Å². The van der Waals surface area contributed by atoms with Crippen LogP contribution in [-0.2, 0) is 13.5 Å². The SMILES string of the molecule is CC(C)c1nc(Cl)cc(NCCc2nncn2C)n1. The molecule has 0 spiro atoms. The van der Waals surface area contributed by atoms with Gasteiger partial charge in [0.2, 0.25) is 0 Å². The average Bonchev–Trinajstić information content (AvgIpc) is 2.74. The number of hydrogen-bond donors (Lipinski definition) is 1. The van der Waals surface area contributed by atoms with Crippen LogP contribution in [0.25, 0.3) is 0 Å². The van der Waals surface area contributed by atoms with Crippen LogP contribution in [0.4, 0.5) is 5.82 Å². The van der Waals surface area contributed by atoms with Gasteiger partial charge >= 0.3 is 0 Å². The molecule has 0 amide bonds. The van der Waals surface area contributed by atoms with E-state index in [-0.39, 0.29) is 5.92 Å². The van der Waals surface area contributed by atoms with E-state index >= 15 is 0 Å². The Hall–Kier alpha value is -1.69. The smallest absolute Gasteiger partial charge is 0.135 e. The van der Waals surface area contributed by atoms with Gasteiger partial charge < -0.3 is 9.88 Å². The fourth-order valence-electron chi connectivity index (χ4n) is 1.62. The van der Waals surface area contributed by atoms with Gasteiger partial charge in [-0.1, -0.05) is 25.4 Å². The molecule has 0 unspecified atom stereocenters. The van der Waals surface area contributed by atoms with Crippen LogP contribution < -0.4 is 5.32 Å². The fourth-order valence-corrected chi connectivity index (χ4v) is 1.81. The second-order valence-corrected chi connectivity index (χ2v) is 5.01. The van der Waals surface area contributed by atoms with Crippen molar-refractivity contribution in [1.29, 1.82) is 0 Å². The number of aromatic nitrogens is 5. The number of rotatable bonds is 5. The van der Waals surface area contributed by atoms with Crippen molar-refractivity contribution < 1.29 is 0 Å². The van der Waals surface area contributed by atoms with E-state index in [2.05, 4.69) is 25.5 Å². The highest BCUT2D eigenvalue weighted by Gasteiger charge is 2.07. The van der Waals surface area contributed by atoms with Crippen molar-refractivity contribution in [1.82, 2.24) is 24.7 Å². The minimum atomic E-state index is 0.248. The van der Waals surface area contributed by atoms with E-state index in [4.69, 9.17) is 11.6 Å². The summed E-state index contributed by atoms with van der Waals surface area (Å²) in [5.41, 5.74) is 0. The molecule has 0 aliphatic heterocycles. The predicted molar refractivity (Wildman–Crippen MR) is 74.3 cm³/mol. The highest BCUT2D eigenvalue weighted by molar-refractivity contribution is 6.29. The lowest BCUT2D eigenvalue weighted by molar-refractivity contribution is 0.767. The highest BCUT2D eigenvalue weighted by atomic mass is 35.5. The van der Waals surface area contributed by atoms with E-state index in [1.807, 2.05) is 25.5 Å². The molecule has 0 fully saturated rings. The van der Waals surface area contributed by atoms with Crippen LogP contribution in [0.5, 0.6) is 0 Å². The predicted octanol–water partition coefficient (Wildman–Crippen LogP) is 2.04. The number of nitrogens with zero attached hydrogens (tertiary/aromatic N) is 5. The molecule has 0 aliphatic rings. The van der Waals surface area contributed by atoms with Crippen LogP contribution in [0.2, 0.25) is 5.15 Å². The lowest BCUT2D eigenvalue weighted by atomic mass is 10.2. The van der Waals surface area contributed by atoms with E-state index in [1.54, 1.807) is 12.4 Å². The third kappa shape index (κ3) is 3.64. The Kier molecular flexibility index (Phi) is 4.31. The summed E-state index contributed by atoms with van der Waals surface area (Å²) < 4.78 is 1.90. The summed E-state index contributed by atoms with van der Waals surface area (Å²) in [5, 5.41) is 11.5. The van der Waals surface area contributed by atoms with Crippen molar-refractivity contribution in [3.05, 3.63) is 29.2 Å². The molecular formula is C12H17ClN6. The van der Waals surface area contributed by atoms with Crippen molar-refractivity contribution in [2.75, 3.05) is 11.9 Å². The minimum absolute atomic E-state index is 0.248. The molecule has 2 rings (SSSR count). The molecule has 0 atom stereocenters. The zero-order chi connectivity index (χ0) is 13.8. The first-order valence-electron chi connectivity index (χ1n) is 6.17. The van der Waals surface area contributed by atoms with Gasteiger partial charge in [-0.2, -0.15) is 0 Å². The van der Waals surface area contributed by atoms with E-state index in [0.717, 1.165) is 30.4 Å². The maximum atomic E-state index is 5.98. The zero-order valence-electron chi connectivity index (χ0n) is 11.3. The lowest BCUT2D eigenvalue weighted by Crippen LogP contribution is -2.11. The van der Waals surface area contributed by atoms with Gasteiger partial charge in [-0.05, 0) is 0 Å². The van der Waals surface area contributed by atoms with E-state index in [9.17, 15) is 0 Å². The molecule has 2 aromatic heterocycles. The fraction of sp³-hybridized carbons (Fsp3) is 0.500. The van der Waals surface area contributed by atoms with E-state index in [1.165, 1.54) is 0 Å². The second kappa shape index (κ2) is 5.97. The van der Waals surface area contributed by atoms with Gasteiger partial charge in [-0.25, -0.2) is 9.97 Å². The maximum absolute atomic E-state index is 5.98. The Morgan fingerprint density at radius 3 is 2.79 bits per heavy atom. The van der Waals surface area contributed by atoms with Crippen LogP contribution >= 0.6 is 11.6 Å². The first kappa shape index (κ1) is 13.7. The Balaban J connectivity index is 1.98. The van der Waals surface area contributed by atoms with Crippen LogP contribution in [0.1, 0.15) is 31.4 Å². The third-order valence-electron chi connectivity index (χ3n) is 2.69. The van der Waals surface area contributed by atoms with Crippen LogP contribution in [0.15, 0.2) is 12.4 Å². The molecule has 6 nitrogen and oxygen atoms in total. The summed E-state index contributed by atoms with van der Waals surface area (Å²) in [6, 6.07) is 1.73. The Morgan fingerprint density at radius 2 is 2.16 bits per heavy atom. The van der Waals surface area contributed by atoms with Gasteiger partial charge in [-0.3, -0.25) is 0 Å². The zero-order valence-corrected chi connectivity index (χ0v) is 12.0. The molecule has 19 heavy (non-hydrogen) atoms. The molecule has 0 aromatic carbocycles. The number of hydrogen-bond acceptors (Lipinski definition) is 5. The summed E-state index contributed by atoms with van der Waals surface area (Å²) in [6.07, 6.45) is 2.46. The number of anilines is 1. The maximum Gasteiger partial charge on any atom is 0.135 e. The molecule has 0 aliphatic carbocycles. The molecule has 0 radical (unpaired) electrons. The normalized spacial score (nSPS) is 11.0. The van der Waals surface area contributed by atoms with Gasteiger partial charge in [0.05, 0.1) is 0 Å². The summed E-state index contributed by atoms with van der Waals surface area (Å²) in [5.74, 6) is 2.66. The molecule has 2 aromatic rings. The van der Waals surface area contributed by atoms with Crippen LogP contribution in [0, 0.1) is 0 Å². The van der Waals surface area contributed by atoms with Crippen molar-refractivity contribution in [3.63, 3.8) is 0 Å². The van der Waals surface area contributed by atoms with Crippen molar-refractivity contribution in [3.8, 4) is 0 Å². The summed E-state index contributed by atoms with van der Waals surface area (Å²) >= 11 is 5.98.